The Morgan fingerprint density at radius 2 is 1.78 bits per heavy atom. The van der Waals surface area contributed by atoms with Crippen molar-refractivity contribution in [2.45, 2.75) is 0 Å². The summed E-state index contributed by atoms with van der Waals surface area (Å²) in [6, 6.07) is 7.80. The van der Waals surface area contributed by atoms with Crippen molar-refractivity contribution >= 4 is 46.5 Å². The topological polar surface area (TPSA) is 42.0 Å². The van der Waals surface area contributed by atoms with Crippen LogP contribution in [-0.2, 0) is 0 Å². The average Bonchev–Trinajstić information content (AvgIpc) is 2.28. The highest BCUT2D eigenvalue weighted by Crippen LogP contribution is 2.22. The molecule has 0 radical (unpaired) electrons. The molecule has 92 valence electrons. The molecule has 1 heterocycles. The molecule has 0 atom stereocenters. The number of amides is 1. The van der Waals surface area contributed by atoms with Crippen LogP contribution in [0.25, 0.3) is 0 Å². The van der Waals surface area contributed by atoms with Gasteiger partial charge in [0, 0.05) is 16.2 Å². The van der Waals surface area contributed by atoms with Gasteiger partial charge in [0.15, 0.2) is 0 Å². The lowest BCUT2D eigenvalue weighted by atomic mass is 10.2. The number of benzene rings is 1. The fourth-order valence-electron chi connectivity index (χ4n) is 1.33. The smallest absolute Gasteiger partial charge is 0.258 e. The standard InChI is InChI=1S/C12H7Cl3N2O/c13-7-1-2-9(10(15)5-7)12(18)17-11-6-8(14)3-4-16-11/h1-6H,(H,16,17,18). The molecule has 1 aromatic carbocycles. The second-order valence-corrected chi connectivity index (χ2v) is 4.72. The lowest BCUT2D eigenvalue weighted by molar-refractivity contribution is 0.102. The number of halogens is 3. The predicted octanol–water partition coefficient (Wildman–Crippen LogP) is 4.29. The molecule has 1 aromatic heterocycles. The average molecular weight is 302 g/mol. The lowest BCUT2D eigenvalue weighted by Crippen LogP contribution is -2.13. The highest BCUT2D eigenvalue weighted by Gasteiger charge is 2.11. The predicted molar refractivity (Wildman–Crippen MR) is 73.7 cm³/mol. The number of hydrogen-bond donors (Lipinski definition) is 1. The maximum atomic E-state index is 11.9. The summed E-state index contributed by atoms with van der Waals surface area (Å²) in [5, 5.41) is 3.84. The van der Waals surface area contributed by atoms with Crippen LogP contribution >= 0.6 is 34.8 Å². The molecule has 0 fully saturated rings. The minimum Gasteiger partial charge on any atom is -0.306 e. The van der Waals surface area contributed by atoms with Gasteiger partial charge in [0.25, 0.3) is 5.91 Å². The van der Waals surface area contributed by atoms with E-state index < -0.39 is 0 Å². The third kappa shape index (κ3) is 3.13. The van der Waals surface area contributed by atoms with Gasteiger partial charge in [-0.1, -0.05) is 34.8 Å². The first-order valence-corrected chi connectivity index (χ1v) is 6.07. The maximum absolute atomic E-state index is 11.9. The van der Waals surface area contributed by atoms with Crippen molar-refractivity contribution in [3.05, 3.63) is 57.2 Å². The van der Waals surface area contributed by atoms with Crippen molar-refractivity contribution in [1.82, 2.24) is 4.98 Å². The number of nitrogens with zero attached hydrogens (tertiary/aromatic N) is 1. The second-order valence-electron chi connectivity index (χ2n) is 3.44. The number of hydrogen-bond acceptors (Lipinski definition) is 2. The maximum Gasteiger partial charge on any atom is 0.258 e. The van der Waals surface area contributed by atoms with Gasteiger partial charge in [0.1, 0.15) is 5.82 Å². The molecular formula is C12H7Cl3N2O. The fourth-order valence-corrected chi connectivity index (χ4v) is 1.98. The Balaban J connectivity index is 2.22. The van der Waals surface area contributed by atoms with E-state index in [0.29, 0.717) is 21.4 Å². The van der Waals surface area contributed by atoms with Crippen LogP contribution in [0, 0.1) is 0 Å². The van der Waals surface area contributed by atoms with E-state index >= 15 is 0 Å². The van der Waals surface area contributed by atoms with E-state index in [0.717, 1.165) is 0 Å². The Morgan fingerprint density at radius 1 is 1.06 bits per heavy atom. The third-order valence-electron chi connectivity index (χ3n) is 2.14. The first-order chi connectivity index (χ1) is 8.56. The number of aromatic nitrogens is 1. The van der Waals surface area contributed by atoms with Crippen molar-refractivity contribution in [3.63, 3.8) is 0 Å². The van der Waals surface area contributed by atoms with E-state index in [9.17, 15) is 4.79 Å². The summed E-state index contributed by atoms with van der Waals surface area (Å²) in [4.78, 5) is 15.9. The van der Waals surface area contributed by atoms with Crippen molar-refractivity contribution in [2.24, 2.45) is 0 Å². The highest BCUT2D eigenvalue weighted by molar-refractivity contribution is 6.37. The quantitative estimate of drug-likeness (QED) is 0.899. The van der Waals surface area contributed by atoms with Gasteiger partial charge in [0.2, 0.25) is 0 Å². The molecule has 0 saturated heterocycles. The summed E-state index contributed by atoms with van der Waals surface area (Å²) in [7, 11) is 0. The van der Waals surface area contributed by atoms with Crippen molar-refractivity contribution in [3.8, 4) is 0 Å². The van der Waals surface area contributed by atoms with Gasteiger partial charge in [-0.2, -0.15) is 0 Å². The fraction of sp³-hybridized carbons (Fsp3) is 0. The van der Waals surface area contributed by atoms with E-state index in [1.54, 1.807) is 24.3 Å². The molecule has 1 N–H and O–H groups in total. The lowest BCUT2D eigenvalue weighted by Gasteiger charge is -2.06. The van der Waals surface area contributed by atoms with Crippen molar-refractivity contribution in [1.29, 1.82) is 0 Å². The molecular weight excluding hydrogens is 295 g/mol. The van der Waals surface area contributed by atoms with Gasteiger partial charge in [-0.3, -0.25) is 4.79 Å². The van der Waals surface area contributed by atoms with E-state index in [1.165, 1.54) is 12.3 Å². The van der Waals surface area contributed by atoms with Crippen LogP contribution in [0.4, 0.5) is 5.82 Å². The molecule has 6 heteroatoms. The van der Waals surface area contributed by atoms with Gasteiger partial charge in [-0.15, -0.1) is 0 Å². The van der Waals surface area contributed by atoms with Crippen LogP contribution in [0.2, 0.25) is 15.1 Å². The van der Waals surface area contributed by atoms with Crippen LogP contribution in [0.1, 0.15) is 10.4 Å². The number of anilines is 1. The van der Waals surface area contributed by atoms with E-state index in [1.807, 2.05) is 0 Å². The van der Waals surface area contributed by atoms with Crippen LogP contribution in [-0.4, -0.2) is 10.9 Å². The van der Waals surface area contributed by atoms with E-state index in [2.05, 4.69) is 10.3 Å². The summed E-state index contributed by atoms with van der Waals surface area (Å²) < 4.78 is 0. The van der Waals surface area contributed by atoms with Crippen LogP contribution in [0.15, 0.2) is 36.5 Å². The van der Waals surface area contributed by atoms with E-state index in [-0.39, 0.29) is 10.9 Å². The summed E-state index contributed by atoms with van der Waals surface area (Å²) >= 11 is 17.5. The summed E-state index contributed by atoms with van der Waals surface area (Å²) in [5.74, 6) is -0.00931. The molecule has 0 spiro atoms. The zero-order valence-electron chi connectivity index (χ0n) is 8.95. The van der Waals surface area contributed by atoms with Crippen LogP contribution in [0.3, 0.4) is 0 Å². The van der Waals surface area contributed by atoms with E-state index in [4.69, 9.17) is 34.8 Å². The van der Waals surface area contributed by atoms with Gasteiger partial charge in [0.05, 0.1) is 10.6 Å². The number of carbonyl (C=O) groups excluding carboxylic acids is 1. The van der Waals surface area contributed by atoms with Crippen molar-refractivity contribution < 1.29 is 4.79 Å². The first-order valence-electron chi connectivity index (χ1n) is 4.94. The van der Waals surface area contributed by atoms with Crippen molar-refractivity contribution in [2.75, 3.05) is 5.32 Å². The van der Waals surface area contributed by atoms with Gasteiger partial charge in [-0.25, -0.2) is 4.98 Å². The number of pyridine rings is 1. The molecule has 1 amide bonds. The number of carbonyl (C=O) groups is 1. The molecule has 0 bridgehead atoms. The molecule has 0 aliphatic heterocycles. The summed E-state index contributed by atoms with van der Waals surface area (Å²) in [5.41, 5.74) is 0.322. The second kappa shape index (κ2) is 5.57. The van der Waals surface area contributed by atoms with Crippen LogP contribution < -0.4 is 5.32 Å². The molecule has 0 aliphatic rings. The molecule has 18 heavy (non-hydrogen) atoms. The van der Waals surface area contributed by atoms with Gasteiger partial charge in [-0.05, 0) is 30.3 Å². The molecule has 2 aromatic rings. The molecule has 0 saturated carbocycles. The molecule has 0 unspecified atom stereocenters. The normalized spacial score (nSPS) is 10.2. The Morgan fingerprint density at radius 3 is 2.44 bits per heavy atom. The first kappa shape index (κ1) is 13.1. The zero-order chi connectivity index (χ0) is 13.1. The molecule has 0 aliphatic carbocycles. The minimum atomic E-state index is -0.369. The molecule has 2 rings (SSSR count). The molecule has 3 nitrogen and oxygen atoms in total. The monoisotopic (exact) mass is 300 g/mol. The number of rotatable bonds is 2. The Hall–Kier alpha value is -1.29. The summed E-state index contributed by atoms with van der Waals surface area (Å²) in [6.45, 7) is 0. The third-order valence-corrected chi connectivity index (χ3v) is 2.92. The SMILES string of the molecule is O=C(Nc1cc(Cl)ccn1)c1ccc(Cl)cc1Cl. The van der Waals surface area contributed by atoms with Gasteiger partial charge >= 0.3 is 0 Å². The van der Waals surface area contributed by atoms with Gasteiger partial charge < -0.3 is 5.32 Å². The zero-order valence-corrected chi connectivity index (χ0v) is 11.2. The highest BCUT2D eigenvalue weighted by atomic mass is 35.5. The minimum absolute atomic E-state index is 0.280. The Kier molecular flexibility index (Phi) is 4.07. The van der Waals surface area contributed by atoms with Crippen LogP contribution in [0.5, 0.6) is 0 Å². The largest absolute Gasteiger partial charge is 0.306 e. The Bertz CT molecular complexity index is 602. The Labute approximate surface area is 119 Å². The number of nitrogens with one attached hydrogen (secondary N) is 1. The summed E-state index contributed by atoms with van der Waals surface area (Å²) in [6.07, 6.45) is 1.50.